The second-order valence-electron chi connectivity index (χ2n) is 8.90. The van der Waals surface area contributed by atoms with Gasteiger partial charge in [0.25, 0.3) is 5.91 Å². The number of anilines is 1. The summed E-state index contributed by atoms with van der Waals surface area (Å²) in [5, 5.41) is 32.5. The third kappa shape index (κ3) is 2.38. The van der Waals surface area contributed by atoms with Gasteiger partial charge in [-0.1, -0.05) is 0 Å². The van der Waals surface area contributed by atoms with Crippen molar-refractivity contribution in [3.05, 3.63) is 34.2 Å². The quantitative estimate of drug-likeness (QED) is 0.408. The molecule has 1 aromatic heterocycles. The summed E-state index contributed by atoms with van der Waals surface area (Å²) >= 11 is 0. The highest BCUT2D eigenvalue weighted by Gasteiger charge is 2.69. The summed E-state index contributed by atoms with van der Waals surface area (Å²) in [4.78, 5) is 32.0. The van der Waals surface area contributed by atoms with Crippen LogP contribution in [0.2, 0.25) is 0 Å². The number of nitrogens with zero attached hydrogens (tertiary/aromatic N) is 2. The predicted octanol–water partition coefficient (Wildman–Crippen LogP) is -0.247. The molecule has 1 aliphatic heterocycles. The molecule has 4 aliphatic rings. The van der Waals surface area contributed by atoms with Crippen LogP contribution in [0, 0.1) is 11.8 Å². The van der Waals surface area contributed by atoms with Crippen LogP contribution in [-0.4, -0.2) is 75.5 Å². The first kappa shape index (κ1) is 20.7. The van der Waals surface area contributed by atoms with Gasteiger partial charge in [0, 0.05) is 17.7 Å². The number of nitrogen functional groups attached to an aromatic ring is 1. The zero-order valence-corrected chi connectivity index (χ0v) is 17.5. The van der Waals surface area contributed by atoms with Gasteiger partial charge >= 0.3 is 0 Å². The Labute approximate surface area is 182 Å². The molecule has 1 saturated heterocycles. The second-order valence-corrected chi connectivity index (χ2v) is 8.90. The number of ketones is 1. The molecule has 170 valence electrons. The van der Waals surface area contributed by atoms with E-state index < -0.39 is 52.8 Å². The van der Waals surface area contributed by atoms with E-state index in [0.717, 1.165) is 0 Å². The van der Waals surface area contributed by atoms with E-state index in [2.05, 4.69) is 4.98 Å². The first-order valence-electron chi connectivity index (χ1n) is 10.2. The van der Waals surface area contributed by atoms with Crippen molar-refractivity contribution < 1.29 is 34.4 Å². The fourth-order valence-corrected chi connectivity index (χ4v) is 5.91. The molecular formula is C21H24N4O7. The van der Waals surface area contributed by atoms with Crippen LogP contribution in [-0.2, 0) is 25.5 Å². The van der Waals surface area contributed by atoms with Crippen LogP contribution >= 0.6 is 0 Å². The number of fused-ring (bicyclic) bond motifs is 2. The van der Waals surface area contributed by atoms with E-state index in [0.29, 0.717) is 18.4 Å². The molecule has 2 heterocycles. The Morgan fingerprint density at radius 1 is 1.31 bits per heavy atom. The number of nitrogens with two attached hydrogens (primary N) is 2. The van der Waals surface area contributed by atoms with Gasteiger partial charge in [-0.05, 0) is 38.4 Å². The lowest BCUT2D eigenvalue weighted by molar-refractivity contribution is -0.154. The molecule has 3 aliphatic carbocycles. The number of carbonyl (C=O) groups is 2. The minimum absolute atomic E-state index is 0.0656. The number of Topliss-reactive ketones (excluding diaryl/α,β-unsaturated/α-hetero) is 1. The third-order valence-corrected chi connectivity index (χ3v) is 7.16. The number of amides is 1. The highest BCUT2D eigenvalue weighted by molar-refractivity contribution is 6.11. The lowest BCUT2D eigenvalue weighted by Crippen LogP contribution is -2.67. The first-order valence-corrected chi connectivity index (χ1v) is 10.2. The molecule has 11 heteroatoms. The molecule has 32 heavy (non-hydrogen) atoms. The summed E-state index contributed by atoms with van der Waals surface area (Å²) < 4.78 is 11.5. The van der Waals surface area contributed by atoms with E-state index in [1.165, 1.54) is 6.20 Å². The number of aromatic hydroxyl groups is 1. The van der Waals surface area contributed by atoms with Crippen molar-refractivity contribution in [1.29, 1.82) is 0 Å². The lowest BCUT2D eigenvalue weighted by atomic mass is 9.56. The number of carbonyl (C=O) groups excluding carboxylic acids is 2. The number of hydrogen-bond acceptors (Lipinski definition) is 10. The standard InChI is InChI=1S/C21H24N4O7/c1-25(2)13-9-4-7-3-8-5-24-19(22)16(28)10(8)14(26)11(7)17(29)21(9)18(31-6-32-21)12(15(13)27)20(23)30/h5,7,9,13,18,26-28H,3-4,6H2,1-2H3,(H2,22,24)(H2,23,30)/t7-,9-,13-,18?,21-/m0/s1. The summed E-state index contributed by atoms with van der Waals surface area (Å²) in [6.45, 7) is -0.283. The van der Waals surface area contributed by atoms with E-state index in [9.17, 15) is 24.9 Å². The van der Waals surface area contributed by atoms with E-state index in [1.54, 1.807) is 19.0 Å². The minimum Gasteiger partial charge on any atom is -0.510 e. The molecule has 7 N–H and O–H groups in total. The van der Waals surface area contributed by atoms with Gasteiger partial charge in [0.1, 0.15) is 24.4 Å². The highest BCUT2D eigenvalue weighted by Crippen LogP contribution is 2.56. The van der Waals surface area contributed by atoms with Crippen molar-refractivity contribution in [1.82, 2.24) is 9.88 Å². The van der Waals surface area contributed by atoms with Crippen molar-refractivity contribution >= 4 is 23.3 Å². The number of pyridine rings is 1. The highest BCUT2D eigenvalue weighted by atomic mass is 16.7. The molecule has 1 amide bonds. The fourth-order valence-electron chi connectivity index (χ4n) is 5.91. The summed E-state index contributed by atoms with van der Waals surface area (Å²) in [6.07, 6.45) is 0.922. The number of primary amides is 1. The van der Waals surface area contributed by atoms with E-state index in [-0.39, 0.29) is 35.1 Å². The Balaban J connectivity index is 1.75. The number of hydrogen-bond donors (Lipinski definition) is 5. The summed E-state index contributed by atoms with van der Waals surface area (Å²) in [6, 6.07) is -0.734. The molecule has 1 aromatic rings. The maximum atomic E-state index is 14.0. The largest absolute Gasteiger partial charge is 0.510 e. The van der Waals surface area contributed by atoms with Gasteiger partial charge < -0.3 is 36.3 Å². The number of aliphatic hydroxyl groups is 2. The van der Waals surface area contributed by atoms with Crippen molar-refractivity contribution in [3.8, 4) is 5.75 Å². The molecule has 2 fully saturated rings. The molecule has 1 unspecified atom stereocenters. The van der Waals surface area contributed by atoms with Crippen LogP contribution in [0.1, 0.15) is 17.5 Å². The van der Waals surface area contributed by atoms with E-state index >= 15 is 0 Å². The predicted molar refractivity (Wildman–Crippen MR) is 110 cm³/mol. The Kier molecular flexibility index (Phi) is 4.32. The van der Waals surface area contributed by atoms with Gasteiger partial charge in [-0.25, -0.2) is 4.98 Å². The fraction of sp³-hybridized carbons (Fsp3) is 0.476. The average molecular weight is 444 g/mol. The molecule has 0 aromatic carbocycles. The zero-order valence-electron chi connectivity index (χ0n) is 17.5. The summed E-state index contributed by atoms with van der Waals surface area (Å²) in [5.74, 6) is -3.68. The molecule has 5 rings (SSSR count). The maximum absolute atomic E-state index is 14.0. The number of aromatic nitrogens is 1. The molecule has 1 saturated carbocycles. The number of likely N-dealkylation sites (N-methyl/N-ethyl adjacent to an activating group) is 1. The van der Waals surface area contributed by atoms with Crippen LogP contribution in [0.15, 0.2) is 23.1 Å². The van der Waals surface area contributed by atoms with Crippen LogP contribution in [0.3, 0.4) is 0 Å². The van der Waals surface area contributed by atoms with Crippen molar-refractivity contribution in [2.45, 2.75) is 30.6 Å². The lowest BCUT2D eigenvalue weighted by Gasteiger charge is -2.52. The molecule has 5 atom stereocenters. The monoisotopic (exact) mass is 444 g/mol. The molecule has 1 spiro atoms. The Bertz CT molecular complexity index is 1130. The van der Waals surface area contributed by atoms with Crippen LogP contribution in [0.4, 0.5) is 5.82 Å². The number of rotatable bonds is 2. The van der Waals surface area contributed by atoms with Gasteiger partial charge in [0.15, 0.2) is 23.0 Å². The smallest absolute Gasteiger partial charge is 0.250 e. The van der Waals surface area contributed by atoms with Gasteiger partial charge in [-0.2, -0.15) is 0 Å². The number of aliphatic hydroxyl groups excluding tert-OH is 2. The van der Waals surface area contributed by atoms with Crippen LogP contribution in [0.25, 0.3) is 5.76 Å². The zero-order chi connectivity index (χ0) is 23.1. The van der Waals surface area contributed by atoms with Crippen molar-refractivity contribution in [2.24, 2.45) is 17.6 Å². The Morgan fingerprint density at radius 2 is 2.03 bits per heavy atom. The SMILES string of the molecule is CN(C)[C@@H]1C(O)=C(C(N)=O)C2OCO[C@@]23C(=O)C2=C(O)c4c(cnc(N)c4O)C[C@H]2C[C@@H]13. The molecule has 0 bridgehead atoms. The van der Waals surface area contributed by atoms with Crippen LogP contribution < -0.4 is 11.5 Å². The van der Waals surface area contributed by atoms with Gasteiger partial charge in [0.2, 0.25) is 0 Å². The van der Waals surface area contributed by atoms with Gasteiger partial charge in [-0.3, -0.25) is 14.5 Å². The second kappa shape index (κ2) is 6.67. The summed E-state index contributed by atoms with van der Waals surface area (Å²) in [5.41, 5.74) is 10.1. The Hall–Kier alpha value is -3.15. The van der Waals surface area contributed by atoms with Crippen molar-refractivity contribution in [3.63, 3.8) is 0 Å². The first-order chi connectivity index (χ1) is 15.1. The Morgan fingerprint density at radius 3 is 2.69 bits per heavy atom. The van der Waals surface area contributed by atoms with Gasteiger partial charge in [-0.15, -0.1) is 0 Å². The normalized spacial score (nSPS) is 33.7. The topological polar surface area (TPSA) is 181 Å². The van der Waals surface area contributed by atoms with E-state index in [1.807, 2.05) is 0 Å². The molecule has 11 nitrogen and oxygen atoms in total. The summed E-state index contributed by atoms with van der Waals surface area (Å²) in [7, 11) is 3.44. The van der Waals surface area contributed by atoms with Crippen LogP contribution in [0.5, 0.6) is 5.75 Å². The maximum Gasteiger partial charge on any atom is 0.250 e. The van der Waals surface area contributed by atoms with E-state index in [4.69, 9.17) is 20.9 Å². The minimum atomic E-state index is -1.66. The number of ether oxygens (including phenoxy) is 2. The molecule has 0 radical (unpaired) electrons. The third-order valence-electron chi connectivity index (χ3n) is 7.16. The molecular weight excluding hydrogens is 420 g/mol. The van der Waals surface area contributed by atoms with Crippen molar-refractivity contribution in [2.75, 3.05) is 26.6 Å². The average Bonchev–Trinajstić information content (AvgIpc) is 3.14. The van der Waals surface area contributed by atoms with Gasteiger partial charge in [0.05, 0.1) is 17.2 Å².